The Hall–Kier alpha value is -1.46. The smallest absolute Gasteiger partial charge is 0.248 e. The van der Waals surface area contributed by atoms with Crippen LogP contribution >= 0.6 is 31.9 Å². The SMILES string of the molecule is Cc1cc(Br)cc(C)c1-c1nnc(-c2ccc(Br)cc2)o1. The molecule has 1 aromatic heterocycles. The van der Waals surface area contributed by atoms with Gasteiger partial charge < -0.3 is 4.42 Å². The molecule has 0 bridgehead atoms. The number of nitrogens with zero attached hydrogens (tertiary/aromatic N) is 2. The molecule has 0 fully saturated rings. The summed E-state index contributed by atoms with van der Waals surface area (Å²) in [6.45, 7) is 4.08. The summed E-state index contributed by atoms with van der Waals surface area (Å²) in [5.74, 6) is 1.08. The first-order chi connectivity index (χ1) is 10.0. The zero-order valence-corrected chi connectivity index (χ0v) is 14.7. The molecule has 0 saturated heterocycles. The molecular formula is C16H12Br2N2O. The van der Waals surface area contributed by atoms with Crippen LogP contribution in [0.25, 0.3) is 22.9 Å². The molecule has 3 rings (SSSR count). The number of benzene rings is 2. The summed E-state index contributed by atoms with van der Waals surface area (Å²) in [7, 11) is 0. The Labute approximate surface area is 139 Å². The molecule has 3 aromatic rings. The van der Waals surface area contributed by atoms with Crippen LogP contribution in [-0.4, -0.2) is 10.2 Å². The summed E-state index contributed by atoms with van der Waals surface area (Å²) in [5, 5.41) is 8.35. The van der Waals surface area contributed by atoms with Crippen molar-refractivity contribution in [1.82, 2.24) is 10.2 Å². The van der Waals surface area contributed by atoms with Crippen molar-refractivity contribution < 1.29 is 4.42 Å². The number of aromatic nitrogens is 2. The van der Waals surface area contributed by atoms with Gasteiger partial charge in [0.05, 0.1) is 0 Å². The van der Waals surface area contributed by atoms with Crippen molar-refractivity contribution in [3.05, 3.63) is 56.5 Å². The van der Waals surface area contributed by atoms with Gasteiger partial charge in [-0.25, -0.2) is 0 Å². The van der Waals surface area contributed by atoms with E-state index in [4.69, 9.17) is 4.42 Å². The van der Waals surface area contributed by atoms with Crippen LogP contribution in [0.15, 0.2) is 49.8 Å². The number of hydrogen-bond donors (Lipinski definition) is 0. The molecule has 0 aliphatic rings. The van der Waals surface area contributed by atoms with Crippen molar-refractivity contribution in [3.63, 3.8) is 0 Å². The minimum Gasteiger partial charge on any atom is -0.416 e. The molecule has 0 saturated carbocycles. The van der Waals surface area contributed by atoms with E-state index in [1.54, 1.807) is 0 Å². The molecule has 0 aliphatic carbocycles. The van der Waals surface area contributed by atoms with E-state index in [0.717, 1.165) is 31.2 Å². The first-order valence-corrected chi connectivity index (χ1v) is 8.00. The van der Waals surface area contributed by atoms with Crippen LogP contribution in [0, 0.1) is 13.8 Å². The van der Waals surface area contributed by atoms with Crippen molar-refractivity contribution in [2.24, 2.45) is 0 Å². The number of rotatable bonds is 2. The van der Waals surface area contributed by atoms with Gasteiger partial charge in [0.1, 0.15) is 0 Å². The van der Waals surface area contributed by atoms with Crippen LogP contribution in [0.3, 0.4) is 0 Å². The lowest BCUT2D eigenvalue weighted by atomic mass is 10.0. The van der Waals surface area contributed by atoms with Crippen LogP contribution in [0.2, 0.25) is 0 Å². The van der Waals surface area contributed by atoms with Gasteiger partial charge in [0.25, 0.3) is 0 Å². The molecule has 106 valence electrons. The van der Waals surface area contributed by atoms with Crippen molar-refractivity contribution in [1.29, 1.82) is 0 Å². The van der Waals surface area contributed by atoms with Gasteiger partial charge in [0.2, 0.25) is 11.8 Å². The van der Waals surface area contributed by atoms with Gasteiger partial charge in [-0.1, -0.05) is 31.9 Å². The normalized spacial score (nSPS) is 10.9. The Morgan fingerprint density at radius 1 is 0.810 bits per heavy atom. The quantitative estimate of drug-likeness (QED) is 0.559. The highest BCUT2D eigenvalue weighted by Gasteiger charge is 2.15. The van der Waals surface area contributed by atoms with E-state index >= 15 is 0 Å². The van der Waals surface area contributed by atoms with E-state index in [0.29, 0.717) is 11.8 Å². The van der Waals surface area contributed by atoms with E-state index in [1.165, 1.54) is 0 Å². The number of halogens is 2. The highest BCUT2D eigenvalue weighted by molar-refractivity contribution is 9.10. The van der Waals surface area contributed by atoms with Gasteiger partial charge in [0.15, 0.2) is 0 Å². The van der Waals surface area contributed by atoms with Crippen molar-refractivity contribution in [3.8, 4) is 22.9 Å². The zero-order valence-electron chi connectivity index (χ0n) is 11.5. The minimum atomic E-state index is 0.527. The first kappa shape index (κ1) is 14.5. The van der Waals surface area contributed by atoms with Crippen LogP contribution in [0.5, 0.6) is 0 Å². The first-order valence-electron chi connectivity index (χ1n) is 6.41. The van der Waals surface area contributed by atoms with Gasteiger partial charge in [-0.2, -0.15) is 0 Å². The largest absolute Gasteiger partial charge is 0.416 e. The Kier molecular flexibility index (Phi) is 3.95. The fraction of sp³-hybridized carbons (Fsp3) is 0.125. The lowest BCUT2D eigenvalue weighted by Crippen LogP contribution is -1.88. The maximum Gasteiger partial charge on any atom is 0.248 e. The molecule has 0 unspecified atom stereocenters. The Balaban J connectivity index is 2.05. The van der Waals surface area contributed by atoms with Crippen LogP contribution in [-0.2, 0) is 0 Å². The predicted molar refractivity (Wildman–Crippen MR) is 90.0 cm³/mol. The lowest BCUT2D eigenvalue weighted by molar-refractivity contribution is 0.583. The van der Waals surface area contributed by atoms with Gasteiger partial charge >= 0.3 is 0 Å². The number of aryl methyl sites for hydroxylation is 2. The topological polar surface area (TPSA) is 38.9 Å². The fourth-order valence-electron chi connectivity index (χ4n) is 2.28. The molecule has 0 spiro atoms. The molecule has 0 amide bonds. The highest BCUT2D eigenvalue weighted by atomic mass is 79.9. The highest BCUT2D eigenvalue weighted by Crippen LogP contribution is 2.31. The maximum atomic E-state index is 5.84. The van der Waals surface area contributed by atoms with Crippen LogP contribution < -0.4 is 0 Å². The summed E-state index contributed by atoms with van der Waals surface area (Å²) < 4.78 is 7.91. The molecule has 0 N–H and O–H groups in total. The summed E-state index contributed by atoms with van der Waals surface area (Å²) in [6, 6.07) is 11.9. The van der Waals surface area contributed by atoms with E-state index in [2.05, 4.69) is 42.1 Å². The summed E-state index contributed by atoms with van der Waals surface area (Å²) in [6.07, 6.45) is 0. The molecule has 2 aromatic carbocycles. The third-order valence-electron chi connectivity index (χ3n) is 3.23. The third kappa shape index (κ3) is 2.94. The summed E-state index contributed by atoms with van der Waals surface area (Å²) >= 11 is 6.91. The Morgan fingerprint density at radius 2 is 1.38 bits per heavy atom. The van der Waals surface area contributed by atoms with Crippen LogP contribution in [0.4, 0.5) is 0 Å². The molecule has 21 heavy (non-hydrogen) atoms. The molecule has 3 nitrogen and oxygen atoms in total. The predicted octanol–water partition coefficient (Wildman–Crippen LogP) is 5.55. The average molecular weight is 408 g/mol. The van der Waals surface area contributed by atoms with Crippen LogP contribution in [0.1, 0.15) is 11.1 Å². The Bertz CT molecular complexity index is 771. The van der Waals surface area contributed by atoms with Crippen molar-refractivity contribution in [2.75, 3.05) is 0 Å². The zero-order chi connectivity index (χ0) is 15.0. The van der Waals surface area contributed by atoms with Crippen molar-refractivity contribution >= 4 is 31.9 Å². The minimum absolute atomic E-state index is 0.527. The second-order valence-electron chi connectivity index (χ2n) is 4.83. The maximum absolute atomic E-state index is 5.84. The molecule has 0 atom stereocenters. The standard InChI is InChI=1S/C16H12Br2N2O/c1-9-7-13(18)8-10(2)14(9)16-20-19-15(21-16)11-3-5-12(17)6-4-11/h3-8H,1-2H3. The fourth-order valence-corrected chi connectivity index (χ4v) is 3.23. The second-order valence-corrected chi connectivity index (χ2v) is 6.67. The molecule has 5 heteroatoms. The monoisotopic (exact) mass is 406 g/mol. The molecule has 1 heterocycles. The summed E-state index contributed by atoms with van der Waals surface area (Å²) in [4.78, 5) is 0. The summed E-state index contributed by atoms with van der Waals surface area (Å²) in [5.41, 5.74) is 4.11. The van der Waals surface area contributed by atoms with Gasteiger partial charge in [-0.3, -0.25) is 0 Å². The molecule has 0 radical (unpaired) electrons. The second kappa shape index (κ2) is 5.73. The lowest BCUT2D eigenvalue weighted by Gasteiger charge is -2.06. The van der Waals surface area contributed by atoms with E-state index in [-0.39, 0.29) is 0 Å². The van der Waals surface area contributed by atoms with Crippen molar-refractivity contribution in [2.45, 2.75) is 13.8 Å². The van der Waals surface area contributed by atoms with Gasteiger partial charge in [-0.15, -0.1) is 10.2 Å². The number of hydrogen-bond acceptors (Lipinski definition) is 3. The van der Waals surface area contributed by atoms with E-state index in [9.17, 15) is 0 Å². The van der Waals surface area contributed by atoms with Gasteiger partial charge in [-0.05, 0) is 61.4 Å². The van der Waals surface area contributed by atoms with Gasteiger partial charge in [0, 0.05) is 20.1 Å². The van der Waals surface area contributed by atoms with E-state index < -0.39 is 0 Å². The average Bonchev–Trinajstić information content (AvgIpc) is 2.87. The molecular weight excluding hydrogens is 396 g/mol. The third-order valence-corrected chi connectivity index (χ3v) is 4.21. The van der Waals surface area contributed by atoms with E-state index in [1.807, 2.05) is 50.2 Å². The molecule has 0 aliphatic heterocycles. The Morgan fingerprint density at radius 3 is 2.00 bits per heavy atom.